The number of ether oxygens (including phenoxy) is 9. The number of aliphatic hydroxyl groups excluding tert-OH is 2. The van der Waals surface area contributed by atoms with Crippen molar-refractivity contribution in [2.75, 3.05) is 94.0 Å². The molecule has 0 fully saturated rings. The number of aliphatic hydroxyl groups is 2. The number of carbonyl (C=O) groups is 16. The first-order valence-corrected chi connectivity index (χ1v) is 50.3. The number of nitrogens with one attached hydrogen (secondary N) is 7. The zero-order valence-corrected chi connectivity index (χ0v) is 91.0. The third-order valence-electron chi connectivity index (χ3n) is 24.7. The van der Waals surface area contributed by atoms with Gasteiger partial charge in [-0.25, -0.2) is 28.8 Å². The van der Waals surface area contributed by atoms with Crippen LogP contribution >= 0.6 is 23.2 Å². The maximum atomic E-state index is 14.3. The molecule has 3 aromatic rings. The molecule has 2 unspecified atom stereocenters. The number of alkyl carbamates (subject to hydrolysis) is 1. The number of halogens is 2. The molecular weight excluding hydrogens is 1970 g/mol. The summed E-state index contributed by atoms with van der Waals surface area (Å²) in [6.07, 6.45) is -2.20. The fourth-order valence-corrected chi connectivity index (χ4v) is 15.3. The lowest BCUT2D eigenvalue weighted by molar-refractivity contribution is -0.384. The molecule has 2 heterocycles. The molecule has 2 aliphatic rings. The Morgan fingerprint density at radius 3 is 1.23 bits per heavy atom. The number of nitro benzene ring substituents is 1. The molecule has 18 atom stereocenters. The number of esters is 4. The van der Waals surface area contributed by atoms with Gasteiger partial charge in [0.05, 0.1) is 57.7 Å². The summed E-state index contributed by atoms with van der Waals surface area (Å²) < 4.78 is 50.6. The van der Waals surface area contributed by atoms with Gasteiger partial charge in [0.15, 0.2) is 12.2 Å². The van der Waals surface area contributed by atoms with Gasteiger partial charge in [-0.2, -0.15) is 0 Å². The Kier molecular flexibility index (Phi) is 57.9. The zero-order chi connectivity index (χ0) is 112. The summed E-state index contributed by atoms with van der Waals surface area (Å²) in [6.45, 7) is 33.5. The number of amides is 11. The van der Waals surface area contributed by atoms with Crippen LogP contribution in [-0.4, -0.2) is 309 Å². The molecular formula is C104H155Cl2N13O29. The molecule has 11 amide bonds. The summed E-state index contributed by atoms with van der Waals surface area (Å²) in [5.41, 5.74) is 7.23. The van der Waals surface area contributed by atoms with Crippen molar-refractivity contribution in [1.29, 1.82) is 0 Å². The molecule has 0 spiro atoms. The van der Waals surface area contributed by atoms with Crippen molar-refractivity contribution < 1.29 is 134 Å². The van der Waals surface area contributed by atoms with Gasteiger partial charge in [-0.3, -0.25) is 58.1 Å². The number of non-ortho nitro benzene ring substituents is 1. The van der Waals surface area contributed by atoms with E-state index in [4.69, 9.17) is 81.8 Å². The molecule has 11 N–H and O–H groups in total. The summed E-state index contributed by atoms with van der Waals surface area (Å²) in [6, 6.07) is 8.24. The number of hydrogen-bond acceptors (Lipinski definition) is 30. The van der Waals surface area contributed by atoms with Crippen LogP contribution in [0, 0.1) is 45.6 Å². The number of hydrogen-bond donors (Lipinski definition) is 10. The molecule has 44 heteroatoms. The molecule has 0 saturated heterocycles. The monoisotopic (exact) mass is 2120 g/mol. The van der Waals surface area contributed by atoms with Gasteiger partial charge in [-0.05, 0) is 164 Å². The summed E-state index contributed by atoms with van der Waals surface area (Å²) >= 11 is 12.3. The van der Waals surface area contributed by atoms with Crippen LogP contribution in [0.3, 0.4) is 0 Å². The standard InChI is InChI=1S/C51H69ClN6O14.C49H75ClN6O13.C4H11NO2/c1-13-29(5)43-46(61)54-34(10)50(65)72-44(30(6)14-2)32(8)40(71-51(66)69-38-22-20-37(21-23-38)58(67)68)24-15-31(7)49(64)70-41(25-28(3)4)45(60)53-33(9)47(62)57(12)39(26-35-16-18-36(52)19-17-35)48(63)56(11)27-42(59)55-43;1-13-29(5)41-44(60)53-34(10)48(64)69-42(30(6)14-2)32(8)38(68-49(65)51-21-23-66-24-22-57)20-15-31(7)47(63)67-39(25-28(3)4)43(59)52-33(9)45(61)56(12)37(26-35-16-18-36(50)19-17-35)46(62)55(11)27-40(58)54-41;5-1-3-7-4-2-6/h14-23,28-29,32-34,39-41,43-44H,13,24-27H2,1-12H3,(H,53,60)(H,54,61)(H,55,59);14-19,28-29,32-34,37-39,41-42,57H,13,20-27H2,1-12H3,(H,51,65)(H,52,59)(H,53,60)(H,54,58);6H,1-5H2/b2*30-14+,31-15+;/t29?,32-,33-,34+,39+,40-,41+,43-,44+;29?,32-,33-,34+,37+,38-,39+,41-,42+;/m00./s1. The van der Waals surface area contributed by atoms with Crippen LogP contribution in [0.5, 0.6) is 5.75 Å². The number of allylic oxidation sites excluding steroid dienone is 2. The topological polar surface area (TPSA) is 563 Å². The SMILES string of the molecule is C/C=C(\C)[C@H]1OC(=O)[C@@H](C)NC(=O)[C@H](C(C)CC)NC(=O)CN(C)C(=O)[C@@H](Cc2ccc(Cl)cc2)N(C)C(=O)[C@H](C)NC(=O)[C@@H](CC(C)C)OC(=O)/C(C)=C/C[C@H](OC(=O)NCCOCCO)[C@@H]1C.C/C=C(\C)[C@H]1OC(=O)[C@@H](C)NC(=O)[C@H](C(C)CC)NC(=O)CN(C)C(=O)[C@@H](Cc2ccc(Cl)cc2)N(C)C(=O)[C@H](C)NC(=O)[C@@H](CC(C)C)OC(=O)/C(C)=C/C[C@H](OC(=O)Oc2ccc([N+](=O)[O-])cc2)[C@@H]1C.NCCOCCO. The predicted octanol–water partition coefficient (Wildman–Crippen LogP) is 8.61. The second kappa shape index (κ2) is 66.1. The molecule has 0 saturated carbocycles. The van der Waals surface area contributed by atoms with E-state index >= 15 is 0 Å². The van der Waals surface area contributed by atoms with E-state index in [2.05, 4.69) is 37.2 Å². The van der Waals surface area contributed by atoms with Gasteiger partial charge >= 0.3 is 36.1 Å². The number of nitrogens with two attached hydrogens (primary N) is 1. The van der Waals surface area contributed by atoms with Crippen LogP contribution in [-0.2, 0) is 118 Å². The molecule has 0 radical (unpaired) electrons. The Balaban J connectivity index is 0.000000713. The lowest BCUT2D eigenvalue weighted by Crippen LogP contribution is -2.57. The Labute approximate surface area is 877 Å². The van der Waals surface area contributed by atoms with Gasteiger partial charge in [0, 0.05) is 112 Å². The second-order valence-corrected chi connectivity index (χ2v) is 38.5. The Hall–Kier alpha value is -12.5. The lowest BCUT2D eigenvalue weighted by Gasteiger charge is -2.33. The first-order valence-electron chi connectivity index (χ1n) is 49.5. The number of benzene rings is 3. The van der Waals surface area contributed by atoms with Crippen molar-refractivity contribution in [2.24, 2.45) is 41.2 Å². The number of carbonyl (C=O) groups excluding carboxylic acids is 16. The predicted molar refractivity (Wildman–Crippen MR) is 551 cm³/mol. The van der Waals surface area contributed by atoms with E-state index in [1.165, 1.54) is 98.9 Å². The van der Waals surface area contributed by atoms with Crippen LogP contribution in [0.1, 0.15) is 188 Å². The van der Waals surface area contributed by atoms with Crippen LogP contribution in [0.2, 0.25) is 10.0 Å². The average Bonchev–Trinajstić information content (AvgIpc) is 0.829. The summed E-state index contributed by atoms with van der Waals surface area (Å²) in [4.78, 5) is 237. The molecule has 0 bridgehead atoms. The average molecular weight is 2120 g/mol. The first-order chi connectivity index (χ1) is 69.6. The molecule has 148 heavy (non-hydrogen) atoms. The zero-order valence-electron chi connectivity index (χ0n) is 89.5. The summed E-state index contributed by atoms with van der Waals surface area (Å²) in [5, 5.41) is 47.8. The van der Waals surface area contributed by atoms with Gasteiger partial charge in [0.25, 0.3) is 17.5 Å². The van der Waals surface area contributed by atoms with E-state index in [1.54, 1.807) is 137 Å². The maximum absolute atomic E-state index is 14.3. The van der Waals surface area contributed by atoms with E-state index in [0.717, 1.165) is 26.8 Å². The van der Waals surface area contributed by atoms with Crippen molar-refractivity contribution in [1.82, 2.24) is 56.8 Å². The normalized spacial score (nSPS) is 25.1. The van der Waals surface area contributed by atoms with Crippen molar-refractivity contribution >= 4 is 124 Å². The number of nitro groups is 1. The number of cyclic esters (lactones) is 4. The third-order valence-corrected chi connectivity index (χ3v) is 25.2. The largest absolute Gasteiger partial charge is 0.514 e. The van der Waals surface area contributed by atoms with Gasteiger partial charge in [0.1, 0.15) is 78.5 Å². The molecule has 2 aliphatic heterocycles. The summed E-state index contributed by atoms with van der Waals surface area (Å²) in [5.74, 6) is -13.4. The first kappa shape index (κ1) is 130. The van der Waals surface area contributed by atoms with E-state index in [9.17, 15) is 86.8 Å². The number of likely N-dealkylation sites (N-methyl/N-ethyl adjacent to an activating group) is 4. The Morgan fingerprint density at radius 2 is 0.885 bits per heavy atom. The van der Waals surface area contributed by atoms with Crippen LogP contribution < -0.4 is 47.7 Å². The van der Waals surface area contributed by atoms with Gasteiger partial charge < -0.3 is 115 Å². The van der Waals surface area contributed by atoms with E-state index in [-0.39, 0.29) is 106 Å². The minimum absolute atomic E-state index is 0.000115. The Morgan fingerprint density at radius 1 is 0.520 bits per heavy atom. The molecule has 3 aromatic carbocycles. The Bertz CT molecular complexity index is 5020. The van der Waals surface area contributed by atoms with E-state index in [1.807, 2.05) is 20.8 Å². The quantitative estimate of drug-likeness (QED) is 0.00649. The highest BCUT2D eigenvalue weighted by Gasteiger charge is 2.43. The van der Waals surface area contributed by atoms with Crippen LogP contribution in [0.25, 0.3) is 0 Å². The van der Waals surface area contributed by atoms with Gasteiger partial charge in [-0.15, -0.1) is 0 Å². The number of rotatable bonds is 27. The smallest absolute Gasteiger partial charge is 0.456 e. The highest BCUT2D eigenvalue weighted by atomic mass is 35.5. The minimum atomic E-state index is -1.39. The van der Waals surface area contributed by atoms with Crippen LogP contribution in [0.4, 0.5) is 15.3 Å². The van der Waals surface area contributed by atoms with E-state index in [0.29, 0.717) is 64.9 Å². The molecule has 42 nitrogen and oxygen atoms in total. The highest BCUT2D eigenvalue weighted by molar-refractivity contribution is 6.30. The minimum Gasteiger partial charge on any atom is -0.456 e. The maximum Gasteiger partial charge on any atom is 0.514 e. The lowest BCUT2D eigenvalue weighted by atomic mass is 9.90. The molecule has 0 aliphatic carbocycles. The van der Waals surface area contributed by atoms with Crippen molar-refractivity contribution in [3.63, 3.8) is 0 Å². The van der Waals surface area contributed by atoms with Crippen molar-refractivity contribution in [3.8, 4) is 5.75 Å². The molecule has 0 aromatic heterocycles. The van der Waals surface area contributed by atoms with Crippen LogP contribution in [0.15, 0.2) is 119 Å². The highest BCUT2D eigenvalue weighted by Crippen LogP contribution is 2.31. The third kappa shape index (κ3) is 44.1. The van der Waals surface area contributed by atoms with Crippen molar-refractivity contribution in [2.45, 2.75) is 275 Å². The van der Waals surface area contributed by atoms with Gasteiger partial charge in [-0.1, -0.05) is 154 Å². The van der Waals surface area contributed by atoms with E-state index < -0.39 is 222 Å². The fourth-order valence-electron chi connectivity index (χ4n) is 15.1. The molecule has 824 valence electrons. The number of nitrogens with zero attached hydrogens (tertiary/aromatic N) is 5. The second-order valence-electron chi connectivity index (χ2n) is 37.6. The van der Waals surface area contributed by atoms with Gasteiger partial charge in [0.2, 0.25) is 47.3 Å². The summed E-state index contributed by atoms with van der Waals surface area (Å²) in [7, 11) is 5.54. The fraction of sp³-hybridized carbons (Fsp3) is 0.596. The van der Waals surface area contributed by atoms with Crippen molar-refractivity contribution in [3.05, 3.63) is 151 Å². The molecule has 5 rings (SSSR count).